The summed E-state index contributed by atoms with van der Waals surface area (Å²) in [6.07, 6.45) is 3.15. The van der Waals surface area contributed by atoms with Crippen molar-refractivity contribution in [1.82, 2.24) is 15.0 Å². The van der Waals surface area contributed by atoms with Crippen LogP contribution >= 0.6 is 0 Å². The minimum absolute atomic E-state index is 0.0616. The van der Waals surface area contributed by atoms with E-state index in [1.807, 2.05) is 13.0 Å². The van der Waals surface area contributed by atoms with Gasteiger partial charge in [-0.15, -0.1) is 0 Å². The first-order valence-corrected chi connectivity index (χ1v) is 10.8. The molecule has 0 aliphatic heterocycles. The molecule has 0 unspecified atom stereocenters. The van der Waals surface area contributed by atoms with E-state index in [0.29, 0.717) is 5.75 Å². The molecule has 1 aromatic carbocycles. The Morgan fingerprint density at radius 3 is 2.85 bits per heavy atom. The lowest BCUT2D eigenvalue weighted by molar-refractivity contribution is 0.102. The second kappa shape index (κ2) is 9.18. The van der Waals surface area contributed by atoms with Gasteiger partial charge in [-0.05, 0) is 47.9 Å². The summed E-state index contributed by atoms with van der Waals surface area (Å²) in [6.45, 7) is 6.38. The number of aliphatic hydroxyl groups excluding tert-OH is 1. The van der Waals surface area contributed by atoms with Crippen molar-refractivity contribution in [2.24, 2.45) is 0 Å². The number of fused-ring (bicyclic) bond motifs is 1. The van der Waals surface area contributed by atoms with Crippen molar-refractivity contribution in [2.45, 2.75) is 39.0 Å². The second-order valence-corrected chi connectivity index (χ2v) is 8.66. The van der Waals surface area contributed by atoms with E-state index in [-0.39, 0.29) is 47.9 Å². The van der Waals surface area contributed by atoms with E-state index in [2.05, 4.69) is 45.5 Å². The van der Waals surface area contributed by atoms with Gasteiger partial charge in [0.15, 0.2) is 11.4 Å². The SMILES string of the molecule is COc1nc(NCCO)[nH]c(=O)c1NC(=O)c1coc(Oc2cc3c(cc2C)CCC3(C)C)n1. The van der Waals surface area contributed by atoms with Crippen molar-refractivity contribution >= 4 is 17.5 Å². The number of benzene rings is 1. The Kier molecular flexibility index (Phi) is 6.29. The molecule has 11 nitrogen and oxygen atoms in total. The number of aromatic amines is 1. The standard InChI is InChI=1S/C23H27N5O6/c1-12-9-13-5-6-23(2,3)14(13)10-16(12)34-22-25-15(11-33-22)18(30)26-17-19(31)27-21(24-7-8-29)28-20(17)32-4/h9-11,29H,5-8H2,1-4H3,(H,26,30)(H2,24,27,28,31). The van der Waals surface area contributed by atoms with Gasteiger partial charge in [0.25, 0.3) is 11.5 Å². The van der Waals surface area contributed by atoms with Gasteiger partial charge in [-0.2, -0.15) is 9.97 Å². The minimum atomic E-state index is -0.702. The Bertz CT molecular complexity index is 1280. The zero-order valence-corrected chi connectivity index (χ0v) is 19.4. The van der Waals surface area contributed by atoms with Crippen LogP contribution in [-0.4, -0.2) is 46.2 Å². The fraction of sp³-hybridized carbons (Fsp3) is 0.391. The molecule has 1 amide bonds. The number of carbonyl (C=O) groups is 1. The predicted molar refractivity (Wildman–Crippen MR) is 124 cm³/mol. The van der Waals surface area contributed by atoms with Gasteiger partial charge in [-0.25, -0.2) is 0 Å². The smallest absolute Gasteiger partial charge is 0.399 e. The van der Waals surface area contributed by atoms with E-state index in [0.717, 1.165) is 24.7 Å². The number of aryl methyl sites for hydroxylation is 2. The molecule has 1 aliphatic rings. The van der Waals surface area contributed by atoms with Crippen LogP contribution < -0.4 is 25.7 Å². The minimum Gasteiger partial charge on any atom is -0.479 e. The number of rotatable bonds is 8. The van der Waals surface area contributed by atoms with Crippen LogP contribution in [0.2, 0.25) is 0 Å². The molecule has 4 N–H and O–H groups in total. The summed E-state index contributed by atoms with van der Waals surface area (Å²) in [6, 6.07) is 4.12. The molecule has 2 heterocycles. The Hall–Kier alpha value is -3.86. The molecule has 0 spiro atoms. The van der Waals surface area contributed by atoms with Gasteiger partial charge in [-0.1, -0.05) is 19.9 Å². The van der Waals surface area contributed by atoms with Crippen LogP contribution in [0.1, 0.15) is 47.4 Å². The zero-order valence-electron chi connectivity index (χ0n) is 19.4. The fourth-order valence-electron chi connectivity index (χ4n) is 3.93. The van der Waals surface area contributed by atoms with Gasteiger partial charge in [0.05, 0.1) is 13.7 Å². The van der Waals surface area contributed by atoms with Crippen LogP contribution in [0.15, 0.2) is 27.6 Å². The van der Waals surface area contributed by atoms with E-state index in [9.17, 15) is 9.59 Å². The second-order valence-electron chi connectivity index (χ2n) is 8.66. The average molecular weight is 469 g/mol. The van der Waals surface area contributed by atoms with Crippen LogP contribution in [0.25, 0.3) is 0 Å². The Morgan fingerprint density at radius 2 is 2.12 bits per heavy atom. The molecule has 34 heavy (non-hydrogen) atoms. The number of amides is 1. The van der Waals surface area contributed by atoms with Gasteiger partial charge in [0.1, 0.15) is 12.0 Å². The summed E-state index contributed by atoms with van der Waals surface area (Å²) >= 11 is 0. The van der Waals surface area contributed by atoms with Crippen molar-refractivity contribution in [3.05, 3.63) is 51.1 Å². The Balaban J connectivity index is 1.51. The number of H-pyrrole nitrogens is 1. The Morgan fingerprint density at radius 1 is 1.32 bits per heavy atom. The van der Waals surface area contributed by atoms with Gasteiger partial charge >= 0.3 is 6.08 Å². The highest BCUT2D eigenvalue weighted by Crippen LogP contribution is 2.42. The van der Waals surface area contributed by atoms with Crippen molar-refractivity contribution in [3.63, 3.8) is 0 Å². The highest BCUT2D eigenvalue weighted by molar-refractivity contribution is 6.03. The number of aromatic nitrogens is 3. The van der Waals surface area contributed by atoms with Gasteiger partial charge < -0.3 is 29.6 Å². The maximum absolute atomic E-state index is 12.7. The molecule has 0 radical (unpaired) electrons. The maximum Gasteiger partial charge on any atom is 0.399 e. The maximum atomic E-state index is 12.7. The average Bonchev–Trinajstić information content (AvgIpc) is 3.38. The number of oxazole rings is 1. The van der Waals surface area contributed by atoms with Crippen LogP contribution in [0.4, 0.5) is 11.6 Å². The number of nitrogens with zero attached hydrogens (tertiary/aromatic N) is 2. The molecule has 11 heteroatoms. The quantitative estimate of drug-likeness (QED) is 0.390. The van der Waals surface area contributed by atoms with Crippen molar-refractivity contribution in [1.29, 1.82) is 0 Å². The lowest BCUT2D eigenvalue weighted by Crippen LogP contribution is -2.23. The first-order valence-electron chi connectivity index (χ1n) is 10.8. The molecular weight excluding hydrogens is 442 g/mol. The number of hydrogen-bond donors (Lipinski definition) is 4. The zero-order chi connectivity index (χ0) is 24.5. The molecule has 0 atom stereocenters. The first-order chi connectivity index (χ1) is 16.2. The number of aliphatic hydroxyl groups is 1. The molecule has 0 saturated carbocycles. The third-order valence-electron chi connectivity index (χ3n) is 5.78. The largest absolute Gasteiger partial charge is 0.479 e. The lowest BCUT2D eigenvalue weighted by atomic mass is 9.86. The predicted octanol–water partition coefficient (Wildman–Crippen LogP) is 2.75. The number of methoxy groups -OCH3 is 1. The van der Waals surface area contributed by atoms with E-state index in [1.165, 1.54) is 18.2 Å². The summed E-state index contributed by atoms with van der Waals surface area (Å²) < 4.78 is 16.3. The number of nitrogens with one attached hydrogen (secondary N) is 3. The monoisotopic (exact) mass is 469 g/mol. The highest BCUT2D eigenvalue weighted by Gasteiger charge is 2.31. The third kappa shape index (κ3) is 4.60. The van der Waals surface area contributed by atoms with E-state index >= 15 is 0 Å². The lowest BCUT2D eigenvalue weighted by Gasteiger charge is -2.20. The number of ether oxygens (including phenoxy) is 2. The molecule has 4 rings (SSSR count). The molecule has 0 fully saturated rings. The number of anilines is 2. The van der Waals surface area contributed by atoms with Crippen LogP contribution in [-0.2, 0) is 11.8 Å². The molecule has 0 saturated heterocycles. The molecule has 3 aromatic rings. The summed E-state index contributed by atoms with van der Waals surface area (Å²) in [5.74, 6) is -0.101. The van der Waals surface area contributed by atoms with E-state index in [1.54, 1.807) is 0 Å². The summed E-state index contributed by atoms with van der Waals surface area (Å²) in [5.41, 5.74) is 2.63. The fourth-order valence-corrected chi connectivity index (χ4v) is 3.93. The number of hydrogen-bond acceptors (Lipinski definition) is 9. The van der Waals surface area contributed by atoms with Crippen LogP contribution in [0.5, 0.6) is 17.7 Å². The molecule has 1 aliphatic carbocycles. The summed E-state index contributed by atoms with van der Waals surface area (Å²) in [7, 11) is 1.32. The molecule has 2 aromatic heterocycles. The Labute approximate surface area is 195 Å². The summed E-state index contributed by atoms with van der Waals surface area (Å²) in [5, 5.41) is 14.1. The van der Waals surface area contributed by atoms with Crippen LogP contribution in [0, 0.1) is 6.92 Å². The van der Waals surface area contributed by atoms with Crippen molar-refractivity contribution in [2.75, 3.05) is 30.9 Å². The van der Waals surface area contributed by atoms with E-state index < -0.39 is 11.5 Å². The van der Waals surface area contributed by atoms with Crippen molar-refractivity contribution in [3.8, 4) is 17.7 Å². The third-order valence-corrected chi connectivity index (χ3v) is 5.78. The van der Waals surface area contributed by atoms with Crippen molar-refractivity contribution < 1.29 is 23.8 Å². The van der Waals surface area contributed by atoms with Gasteiger partial charge in [-0.3, -0.25) is 14.6 Å². The molecule has 180 valence electrons. The topological polar surface area (TPSA) is 152 Å². The van der Waals surface area contributed by atoms with Gasteiger partial charge in [0, 0.05) is 6.54 Å². The number of carbonyl (C=O) groups excluding carboxylic acids is 1. The first kappa shape index (κ1) is 23.3. The van der Waals surface area contributed by atoms with E-state index in [4.69, 9.17) is 19.0 Å². The van der Waals surface area contributed by atoms with Gasteiger partial charge in [0.2, 0.25) is 11.8 Å². The molecule has 0 bridgehead atoms. The molecular formula is C23H27N5O6. The highest BCUT2D eigenvalue weighted by atomic mass is 16.6. The summed E-state index contributed by atoms with van der Waals surface area (Å²) in [4.78, 5) is 35.7. The van der Waals surface area contributed by atoms with Crippen LogP contribution in [0.3, 0.4) is 0 Å². The normalized spacial score (nSPS) is 13.9.